The predicted octanol–water partition coefficient (Wildman–Crippen LogP) is 2.17. The number of carboxylic acid groups (broad SMARTS) is 1. The van der Waals surface area contributed by atoms with Crippen LogP contribution >= 0.6 is 0 Å². The van der Waals surface area contributed by atoms with Gasteiger partial charge in [0, 0.05) is 31.7 Å². The van der Waals surface area contributed by atoms with Gasteiger partial charge in [-0.25, -0.2) is 0 Å². The standard InChI is InChI=1S/C20H26N2O4/c1-14-4-6-15(7-5-14)18(23)22-10-2-3-17(13-22)19(24)21-11-8-16(9-12-21)20(25)26/h4-7,16-17H,2-3,8-13H2,1H3,(H,25,26). The molecule has 0 saturated carbocycles. The van der Waals surface area contributed by atoms with Crippen molar-refractivity contribution >= 4 is 17.8 Å². The Morgan fingerprint density at radius 3 is 2.19 bits per heavy atom. The van der Waals surface area contributed by atoms with Gasteiger partial charge in [-0.15, -0.1) is 0 Å². The molecule has 6 heteroatoms. The number of carboxylic acids is 1. The number of hydrogen-bond donors (Lipinski definition) is 1. The summed E-state index contributed by atoms with van der Waals surface area (Å²) in [5.74, 6) is -1.25. The molecule has 2 amide bonds. The van der Waals surface area contributed by atoms with Crippen LogP contribution in [0.4, 0.5) is 0 Å². The van der Waals surface area contributed by atoms with Gasteiger partial charge in [0.1, 0.15) is 0 Å². The highest BCUT2D eigenvalue weighted by Gasteiger charge is 2.34. The van der Waals surface area contributed by atoms with Crippen molar-refractivity contribution in [2.75, 3.05) is 26.2 Å². The minimum atomic E-state index is -0.773. The van der Waals surface area contributed by atoms with Gasteiger partial charge in [0.2, 0.25) is 5.91 Å². The fraction of sp³-hybridized carbons (Fsp3) is 0.550. The highest BCUT2D eigenvalue weighted by molar-refractivity contribution is 5.94. The molecule has 2 saturated heterocycles. The molecule has 140 valence electrons. The maximum absolute atomic E-state index is 12.8. The number of aryl methyl sites for hydroxylation is 1. The average molecular weight is 358 g/mol. The summed E-state index contributed by atoms with van der Waals surface area (Å²) in [6.07, 6.45) is 2.63. The van der Waals surface area contributed by atoms with E-state index in [1.807, 2.05) is 31.2 Å². The molecule has 26 heavy (non-hydrogen) atoms. The molecule has 3 rings (SSSR count). The lowest BCUT2D eigenvalue weighted by atomic mass is 9.92. The van der Waals surface area contributed by atoms with Crippen LogP contribution in [0.1, 0.15) is 41.6 Å². The van der Waals surface area contributed by atoms with Crippen molar-refractivity contribution in [3.8, 4) is 0 Å². The van der Waals surface area contributed by atoms with E-state index in [4.69, 9.17) is 5.11 Å². The van der Waals surface area contributed by atoms with E-state index in [9.17, 15) is 14.4 Å². The second-order valence-electron chi connectivity index (χ2n) is 7.39. The first-order valence-corrected chi connectivity index (χ1v) is 9.33. The van der Waals surface area contributed by atoms with Crippen LogP contribution in [0.25, 0.3) is 0 Å². The normalized spacial score (nSPS) is 21.5. The number of benzene rings is 1. The van der Waals surface area contributed by atoms with E-state index in [-0.39, 0.29) is 23.7 Å². The summed E-state index contributed by atoms with van der Waals surface area (Å²) < 4.78 is 0. The molecular weight excluding hydrogens is 332 g/mol. The number of carbonyl (C=O) groups excluding carboxylic acids is 2. The van der Waals surface area contributed by atoms with Gasteiger partial charge in [0.25, 0.3) is 5.91 Å². The Balaban J connectivity index is 1.59. The molecular formula is C20H26N2O4. The van der Waals surface area contributed by atoms with Crippen LogP contribution in [-0.2, 0) is 9.59 Å². The van der Waals surface area contributed by atoms with Gasteiger partial charge >= 0.3 is 5.97 Å². The molecule has 1 N–H and O–H groups in total. The summed E-state index contributed by atoms with van der Waals surface area (Å²) in [5, 5.41) is 9.09. The molecule has 1 aromatic carbocycles. The van der Waals surface area contributed by atoms with Gasteiger partial charge in [-0.3, -0.25) is 14.4 Å². The highest BCUT2D eigenvalue weighted by atomic mass is 16.4. The van der Waals surface area contributed by atoms with E-state index in [2.05, 4.69) is 0 Å². The van der Waals surface area contributed by atoms with Crippen LogP contribution in [-0.4, -0.2) is 58.9 Å². The first-order valence-electron chi connectivity index (χ1n) is 9.33. The molecule has 2 aliphatic heterocycles. The number of carbonyl (C=O) groups is 3. The number of rotatable bonds is 3. The van der Waals surface area contributed by atoms with Gasteiger partial charge in [0.15, 0.2) is 0 Å². The van der Waals surface area contributed by atoms with Crippen LogP contribution in [0.5, 0.6) is 0 Å². The number of amides is 2. The van der Waals surface area contributed by atoms with E-state index in [0.29, 0.717) is 44.6 Å². The average Bonchev–Trinajstić information content (AvgIpc) is 2.67. The van der Waals surface area contributed by atoms with Gasteiger partial charge in [-0.2, -0.15) is 0 Å². The SMILES string of the molecule is Cc1ccc(C(=O)N2CCCC(C(=O)N3CCC(C(=O)O)CC3)C2)cc1. The Labute approximate surface area is 153 Å². The van der Waals surface area contributed by atoms with E-state index in [0.717, 1.165) is 18.4 Å². The van der Waals surface area contributed by atoms with Gasteiger partial charge in [0.05, 0.1) is 11.8 Å². The van der Waals surface area contributed by atoms with E-state index in [1.165, 1.54) is 0 Å². The molecule has 1 unspecified atom stereocenters. The smallest absolute Gasteiger partial charge is 0.306 e. The van der Waals surface area contributed by atoms with Crippen molar-refractivity contribution in [1.82, 2.24) is 9.80 Å². The fourth-order valence-electron chi connectivity index (χ4n) is 3.85. The molecule has 0 spiro atoms. The van der Waals surface area contributed by atoms with Crippen molar-refractivity contribution in [3.63, 3.8) is 0 Å². The third-order valence-electron chi connectivity index (χ3n) is 5.51. The predicted molar refractivity (Wildman–Crippen MR) is 96.7 cm³/mol. The Kier molecular flexibility index (Phi) is 5.59. The first kappa shape index (κ1) is 18.4. The molecule has 0 bridgehead atoms. The van der Waals surface area contributed by atoms with Gasteiger partial charge < -0.3 is 14.9 Å². The molecule has 6 nitrogen and oxygen atoms in total. The lowest BCUT2D eigenvalue weighted by Gasteiger charge is -2.37. The zero-order chi connectivity index (χ0) is 18.7. The van der Waals surface area contributed by atoms with Crippen molar-refractivity contribution in [2.24, 2.45) is 11.8 Å². The molecule has 2 aliphatic rings. The molecule has 0 aliphatic carbocycles. The first-order chi connectivity index (χ1) is 12.5. The summed E-state index contributed by atoms with van der Waals surface area (Å²) in [6, 6.07) is 7.51. The third kappa shape index (κ3) is 4.06. The molecule has 0 aromatic heterocycles. The van der Waals surface area contributed by atoms with Crippen molar-refractivity contribution < 1.29 is 19.5 Å². The second kappa shape index (κ2) is 7.89. The van der Waals surface area contributed by atoms with Crippen LogP contribution in [0.2, 0.25) is 0 Å². The Morgan fingerprint density at radius 1 is 0.923 bits per heavy atom. The molecule has 1 atom stereocenters. The fourth-order valence-corrected chi connectivity index (χ4v) is 3.85. The molecule has 1 aromatic rings. The summed E-state index contributed by atoms with van der Waals surface area (Å²) in [7, 11) is 0. The monoisotopic (exact) mass is 358 g/mol. The zero-order valence-electron chi connectivity index (χ0n) is 15.2. The maximum Gasteiger partial charge on any atom is 0.306 e. The van der Waals surface area contributed by atoms with Crippen molar-refractivity contribution in [3.05, 3.63) is 35.4 Å². The topological polar surface area (TPSA) is 77.9 Å². The Hall–Kier alpha value is -2.37. The molecule has 2 heterocycles. The quantitative estimate of drug-likeness (QED) is 0.898. The number of aliphatic carboxylic acids is 1. The lowest BCUT2D eigenvalue weighted by molar-refractivity contribution is -0.147. The molecule has 0 radical (unpaired) electrons. The summed E-state index contributed by atoms with van der Waals surface area (Å²) in [6.45, 7) is 4.11. The highest BCUT2D eigenvalue weighted by Crippen LogP contribution is 2.24. The Morgan fingerprint density at radius 2 is 1.58 bits per heavy atom. The summed E-state index contributed by atoms with van der Waals surface area (Å²) >= 11 is 0. The number of nitrogens with zero attached hydrogens (tertiary/aromatic N) is 2. The summed E-state index contributed by atoms with van der Waals surface area (Å²) in [4.78, 5) is 40.1. The second-order valence-corrected chi connectivity index (χ2v) is 7.39. The minimum absolute atomic E-state index is 0.0212. The number of likely N-dealkylation sites (tertiary alicyclic amines) is 2. The molecule has 2 fully saturated rings. The Bertz CT molecular complexity index is 678. The third-order valence-corrected chi connectivity index (χ3v) is 5.51. The van der Waals surface area contributed by atoms with E-state index >= 15 is 0 Å². The van der Waals surface area contributed by atoms with Crippen molar-refractivity contribution in [2.45, 2.75) is 32.6 Å². The summed E-state index contributed by atoms with van der Waals surface area (Å²) in [5.41, 5.74) is 1.77. The zero-order valence-corrected chi connectivity index (χ0v) is 15.2. The van der Waals surface area contributed by atoms with Crippen LogP contribution in [0.3, 0.4) is 0 Å². The van der Waals surface area contributed by atoms with E-state index in [1.54, 1.807) is 9.80 Å². The largest absolute Gasteiger partial charge is 0.481 e. The van der Waals surface area contributed by atoms with E-state index < -0.39 is 5.97 Å². The van der Waals surface area contributed by atoms with Crippen LogP contribution in [0.15, 0.2) is 24.3 Å². The van der Waals surface area contributed by atoms with Crippen molar-refractivity contribution in [1.29, 1.82) is 0 Å². The maximum atomic E-state index is 12.8. The van der Waals surface area contributed by atoms with Crippen LogP contribution in [0, 0.1) is 18.8 Å². The number of hydrogen-bond acceptors (Lipinski definition) is 3. The lowest BCUT2D eigenvalue weighted by Crippen LogP contribution is -2.49. The number of piperidine rings is 2. The van der Waals surface area contributed by atoms with Gasteiger partial charge in [-0.1, -0.05) is 17.7 Å². The minimum Gasteiger partial charge on any atom is -0.481 e. The van der Waals surface area contributed by atoms with Crippen LogP contribution < -0.4 is 0 Å². The van der Waals surface area contributed by atoms with Gasteiger partial charge in [-0.05, 0) is 44.7 Å².